The zero-order valence-electron chi connectivity index (χ0n) is 11.5. The Morgan fingerprint density at radius 1 is 1.40 bits per heavy atom. The molecular formula is C14H16BrFN2O2. The van der Waals surface area contributed by atoms with Crippen LogP contribution in [0.1, 0.15) is 37.3 Å². The summed E-state index contributed by atoms with van der Waals surface area (Å²) in [5.41, 5.74) is 0.625. The standard InChI is InChI=1S/C14H16BrFN2O2/c1-8(2)18-13(11(20-3)7-17-18)14(19)9-5-4-6-10(15)12(9)16/h4-8,14,19H,1-3H3. The molecule has 0 aliphatic heterocycles. The largest absolute Gasteiger partial charge is 0.493 e. The predicted molar refractivity (Wildman–Crippen MR) is 77.3 cm³/mol. The van der Waals surface area contributed by atoms with E-state index in [1.54, 1.807) is 22.9 Å². The zero-order valence-corrected chi connectivity index (χ0v) is 13.1. The first-order chi connectivity index (χ1) is 9.47. The summed E-state index contributed by atoms with van der Waals surface area (Å²) >= 11 is 3.12. The van der Waals surface area contributed by atoms with Crippen molar-refractivity contribution in [1.82, 2.24) is 9.78 Å². The van der Waals surface area contributed by atoms with Gasteiger partial charge in [-0.2, -0.15) is 5.10 Å². The Kier molecular flexibility index (Phi) is 4.45. The van der Waals surface area contributed by atoms with Crippen LogP contribution in [0, 0.1) is 5.82 Å². The third-order valence-corrected chi connectivity index (χ3v) is 3.66. The molecule has 0 spiro atoms. The molecule has 2 rings (SSSR count). The third-order valence-electron chi connectivity index (χ3n) is 3.04. The number of aliphatic hydroxyl groups excluding tert-OH is 1. The van der Waals surface area contributed by atoms with E-state index in [4.69, 9.17) is 4.74 Å². The van der Waals surface area contributed by atoms with E-state index in [0.29, 0.717) is 15.9 Å². The molecule has 6 heteroatoms. The minimum atomic E-state index is -1.15. The summed E-state index contributed by atoms with van der Waals surface area (Å²) in [6.45, 7) is 3.86. The van der Waals surface area contributed by atoms with Gasteiger partial charge in [0.25, 0.3) is 0 Å². The molecule has 2 aromatic rings. The number of hydrogen-bond acceptors (Lipinski definition) is 3. The van der Waals surface area contributed by atoms with Crippen LogP contribution in [-0.2, 0) is 0 Å². The molecule has 108 valence electrons. The van der Waals surface area contributed by atoms with Crippen LogP contribution in [0.3, 0.4) is 0 Å². The molecule has 1 atom stereocenters. The minimum absolute atomic E-state index is 0.0266. The second-order valence-corrected chi connectivity index (χ2v) is 5.54. The van der Waals surface area contributed by atoms with E-state index < -0.39 is 11.9 Å². The van der Waals surface area contributed by atoms with E-state index in [9.17, 15) is 9.50 Å². The zero-order chi connectivity index (χ0) is 14.9. The Morgan fingerprint density at radius 3 is 2.70 bits per heavy atom. The van der Waals surface area contributed by atoms with Gasteiger partial charge < -0.3 is 9.84 Å². The molecule has 0 aliphatic carbocycles. The van der Waals surface area contributed by atoms with Crippen LogP contribution < -0.4 is 4.74 Å². The van der Waals surface area contributed by atoms with Crippen molar-refractivity contribution < 1.29 is 14.2 Å². The van der Waals surface area contributed by atoms with Crippen LogP contribution >= 0.6 is 15.9 Å². The van der Waals surface area contributed by atoms with Gasteiger partial charge in [-0.25, -0.2) is 4.39 Å². The first kappa shape index (κ1) is 15.0. The van der Waals surface area contributed by atoms with E-state index in [1.165, 1.54) is 13.3 Å². The Balaban J connectivity index is 2.55. The van der Waals surface area contributed by atoms with Gasteiger partial charge in [-0.15, -0.1) is 0 Å². The molecule has 20 heavy (non-hydrogen) atoms. The molecule has 0 saturated carbocycles. The van der Waals surface area contributed by atoms with Crippen molar-refractivity contribution >= 4 is 15.9 Å². The van der Waals surface area contributed by atoms with Gasteiger partial charge >= 0.3 is 0 Å². The molecule has 1 aromatic carbocycles. The van der Waals surface area contributed by atoms with Gasteiger partial charge in [-0.05, 0) is 35.8 Å². The summed E-state index contributed by atoms with van der Waals surface area (Å²) in [5, 5.41) is 14.7. The van der Waals surface area contributed by atoms with Crippen molar-refractivity contribution in [2.24, 2.45) is 0 Å². The van der Waals surface area contributed by atoms with Gasteiger partial charge in [0.05, 0.1) is 17.8 Å². The molecule has 0 aliphatic rings. The highest BCUT2D eigenvalue weighted by Crippen LogP contribution is 2.34. The Labute approximate surface area is 125 Å². The summed E-state index contributed by atoms with van der Waals surface area (Å²) in [4.78, 5) is 0. The SMILES string of the molecule is COc1cnn(C(C)C)c1C(O)c1cccc(Br)c1F. The maximum absolute atomic E-state index is 14.1. The number of rotatable bonds is 4. The molecule has 4 nitrogen and oxygen atoms in total. The fourth-order valence-electron chi connectivity index (χ4n) is 2.06. The molecule has 1 heterocycles. The molecule has 0 saturated heterocycles. The van der Waals surface area contributed by atoms with Crippen molar-refractivity contribution in [3.05, 3.63) is 45.9 Å². The second-order valence-electron chi connectivity index (χ2n) is 4.68. The number of hydrogen-bond donors (Lipinski definition) is 1. The first-order valence-electron chi connectivity index (χ1n) is 6.20. The quantitative estimate of drug-likeness (QED) is 0.925. The molecule has 1 aromatic heterocycles. The van der Waals surface area contributed by atoms with Crippen LogP contribution in [0.25, 0.3) is 0 Å². The number of aromatic nitrogens is 2. The van der Waals surface area contributed by atoms with Crippen molar-refractivity contribution in [3.8, 4) is 5.75 Å². The molecule has 0 radical (unpaired) electrons. The monoisotopic (exact) mass is 342 g/mol. The van der Waals surface area contributed by atoms with Crippen LogP contribution in [0.15, 0.2) is 28.9 Å². The Morgan fingerprint density at radius 2 is 2.10 bits per heavy atom. The highest BCUT2D eigenvalue weighted by atomic mass is 79.9. The van der Waals surface area contributed by atoms with E-state index >= 15 is 0 Å². The topological polar surface area (TPSA) is 47.3 Å². The second kappa shape index (κ2) is 5.93. The van der Waals surface area contributed by atoms with Gasteiger partial charge in [0.2, 0.25) is 0 Å². The molecule has 1 unspecified atom stereocenters. The molecule has 0 amide bonds. The summed E-state index contributed by atoms with van der Waals surface area (Å²) in [6.07, 6.45) is 0.376. The molecule has 0 bridgehead atoms. The lowest BCUT2D eigenvalue weighted by Gasteiger charge is -2.18. The predicted octanol–water partition coefficient (Wildman–Crippen LogP) is 3.46. The number of methoxy groups -OCH3 is 1. The normalized spacial score (nSPS) is 12.8. The highest BCUT2D eigenvalue weighted by molar-refractivity contribution is 9.10. The van der Waals surface area contributed by atoms with Gasteiger partial charge in [0, 0.05) is 11.6 Å². The number of nitrogens with zero attached hydrogens (tertiary/aromatic N) is 2. The van der Waals surface area contributed by atoms with Crippen molar-refractivity contribution in [3.63, 3.8) is 0 Å². The lowest BCUT2D eigenvalue weighted by atomic mass is 10.1. The summed E-state index contributed by atoms with van der Waals surface area (Å²) in [5.74, 6) is -0.0517. The average Bonchev–Trinajstić information content (AvgIpc) is 2.85. The highest BCUT2D eigenvalue weighted by Gasteiger charge is 2.25. The lowest BCUT2D eigenvalue weighted by molar-refractivity contribution is 0.194. The van der Waals surface area contributed by atoms with Gasteiger partial charge in [0.15, 0.2) is 5.75 Å². The molecular weight excluding hydrogens is 327 g/mol. The first-order valence-corrected chi connectivity index (χ1v) is 7.00. The van der Waals surface area contributed by atoms with Crippen LogP contribution in [0.2, 0.25) is 0 Å². The Bertz CT molecular complexity index is 613. The van der Waals surface area contributed by atoms with Crippen molar-refractivity contribution in [2.45, 2.75) is 26.0 Å². The van der Waals surface area contributed by atoms with Crippen LogP contribution in [0.4, 0.5) is 4.39 Å². The van der Waals surface area contributed by atoms with E-state index in [-0.39, 0.29) is 11.6 Å². The summed E-state index contributed by atoms with van der Waals surface area (Å²) in [7, 11) is 1.50. The van der Waals surface area contributed by atoms with Gasteiger partial charge in [-0.3, -0.25) is 4.68 Å². The maximum Gasteiger partial charge on any atom is 0.163 e. The summed E-state index contributed by atoms with van der Waals surface area (Å²) < 4.78 is 21.3. The lowest BCUT2D eigenvalue weighted by Crippen LogP contribution is -2.14. The number of halogens is 2. The van der Waals surface area contributed by atoms with Crippen molar-refractivity contribution in [2.75, 3.05) is 7.11 Å². The fourth-order valence-corrected chi connectivity index (χ4v) is 2.45. The fraction of sp³-hybridized carbons (Fsp3) is 0.357. The van der Waals surface area contributed by atoms with Crippen molar-refractivity contribution in [1.29, 1.82) is 0 Å². The number of aliphatic hydroxyl groups is 1. The number of ether oxygens (including phenoxy) is 1. The third kappa shape index (κ3) is 2.58. The van der Waals surface area contributed by atoms with E-state index in [1.807, 2.05) is 13.8 Å². The van der Waals surface area contributed by atoms with Crippen LogP contribution in [0.5, 0.6) is 5.75 Å². The maximum atomic E-state index is 14.1. The Hall–Kier alpha value is -1.40. The average molecular weight is 343 g/mol. The van der Waals surface area contributed by atoms with E-state index in [0.717, 1.165) is 0 Å². The minimum Gasteiger partial charge on any atom is -0.493 e. The summed E-state index contributed by atoms with van der Waals surface area (Å²) in [6, 6.07) is 4.83. The smallest absolute Gasteiger partial charge is 0.163 e. The molecule has 1 N–H and O–H groups in total. The molecule has 0 fully saturated rings. The van der Waals surface area contributed by atoms with Gasteiger partial charge in [0.1, 0.15) is 17.6 Å². The van der Waals surface area contributed by atoms with Crippen LogP contribution in [-0.4, -0.2) is 22.0 Å². The van der Waals surface area contributed by atoms with Gasteiger partial charge in [-0.1, -0.05) is 12.1 Å². The van der Waals surface area contributed by atoms with E-state index in [2.05, 4.69) is 21.0 Å². The number of benzene rings is 1.